The van der Waals surface area contributed by atoms with Gasteiger partial charge in [0.15, 0.2) is 0 Å². The Kier molecular flexibility index (Phi) is 5.31. The van der Waals surface area contributed by atoms with Crippen molar-refractivity contribution >= 4 is 23.4 Å². The molecule has 4 heteroatoms. The number of hydrogen-bond donors (Lipinski definition) is 1. The second-order valence-corrected chi connectivity index (χ2v) is 7.53. The highest BCUT2D eigenvalue weighted by atomic mass is 35.5. The van der Waals surface area contributed by atoms with Gasteiger partial charge in [-0.05, 0) is 57.0 Å². The average molecular weight is 321 g/mol. The zero-order valence-corrected chi connectivity index (χ0v) is 14.5. The first-order valence-electron chi connectivity index (χ1n) is 6.98. The van der Waals surface area contributed by atoms with E-state index >= 15 is 0 Å². The second-order valence-electron chi connectivity index (χ2n) is 6.10. The lowest BCUT2D eigenvalue weighted by Crippen LogP contribution is -2.35. The van der Waals surface area contributed by atoms with Gasteiger partial charge in [-0.3, -0.25) is 0 Å². The zero-order chi connectivity index (χ0) is 15.5. The lowest BCUT2D eigenvalue weighted by Gasteiger charge is -2.21. The Balaban J connectivity index is 2.11. The molecule has 21 heavy (non-hydrogen) atoms. The fraction of sp³-hybridized carbons (Fsp3) is 0.353. The highest BCUT2D eigenvalue weighted by Crippen LogP contribution is 2.33. The highest BCUT2D eigenvalue weighted by Gasteiger charge is 2.10. The van der Waals surface area contributed by atoms with Gasteiger partial charge in [0.25, 0.3) is 0 Å². The third-order valence-corrected chi connectivity index (χ3v) is 4.61. The number of aryl methyl sites for hydroxylation is 1. The number of aromatic nitrogens is 1. The highest BCUT2D eigenvalue weighted by molar-refractivity contribution is 7.99. The first-order chi connectivity index (χ1) is 9.85. The topological polar surface area (TPSA) is 24.9 Å². The summed E-state index contributed by atoms with van der Waals surface area (Å²) in [7, 11) is 0. The Morgan fingerprint density at radius 1 is 1.24 bits per heavy atom. The lowest BCUT2D eigenvalue weighted by atomic mass is 10.1. The van der Waals surface area contributed by atoms with Crippen LogP contribution in [0.1, 0.15) is 31.9 Å². The predicted molar refractivity (Wildman–Crippen MR) is 91.1 cm³/mol. The number of nitrogens with one attached hydrogen (secondary N) is 1. The van der Waals surface area contributed by atoms with Gasteiger partial charge in [0, 0.05) is 23.2 Å². The van der Waals surface area contributed by atoms with Gasteiger partial charge < -0.3 is 5.32 Å². The molecule has 0 aliphatic rings. The van der Waals surface area contributed by atoms with Gasteiger partial charge in [-0.2, -0.15) is 0 Å². The molecule has 0 saturated heterocycles. The monoisotopic (exact) mass is 320 g/mol. The molecule has 0 unspecified atom stereocenters. The van der Waals surface area contributed by atoms with Crippen molar-refractivity contribution in [1.82, 2.24) is 10.3 Å². The molecule has 1 aromatic carbocycles. The maximum absolute atomic E-state index is 6.16. The van der Waals surface area contributed by atoms with Crippen LogP contribution in [-0.2, 0) is 6.54 Å². The minimum Gasteiger partial charge on any atom is -0.308 e. The van der Waals surface area contributed by atoms with Crippen molar-refractivity contribution in [1.29, 1.82) is 0 Å². The van der Waals surface area contributed by atoms with Gasteiger partial charge >= 0.3 is 0 Å². The molecule has 0 saturated carbocycles. The summed E-state index contributed by atoms with van der Waals surface area (Å²) in [4.78, 5) is 5.51. The average Bonchev–Trinajstić information content (AvgIpc) is 2.41. The van der Waals surface area contributed by atoms with Gasteiger partial charge in [0.05, 0.1) is 5.02 Å². The molecule has 0 spiro atoms. The predicted octanol–water partition coefficient (Wildman–Crippen LogP) is 5.08. The smallest absolute Gasteiger partial charge is 0.119 e. The molecule has 2 nitrogen and oxygen atoms in total. The van der Waals surface area contributed by atoms with Crippen LogP contribution in [0.5, 0.6) is 0 Å². The number of nitrogens with zero attached hydrogens (tertiary/aromatic N) is 1. The van der Waals surface area contributed by atoms with E-state index in [1.807, 2.05) is 12.1 Å². The first kappa shape index (κ1) is 16.3. The normalized spacial score (nSPS) is 11.7. The van der Waals surface area contributed by atoms with Crippen molar-refractivity contribution in [2.24, 2.45) is 0 Å². The molecule has 0 aliphatic heterocycles. The Hall–Kier alpha value is -1.03. The molecule has 0 aliphatic carbocycles. The standard InChI is InChI=1S/C17H21ClN2S/c1-12-10-13(11-20-17(2,3)4)7-8-15(12)21-16-14(18)6-5-9-19-16/h5-10,20H,11H2,1-4H3. The molecule has 1 N–H and O–H groups in total. The van der Waals surface area contributed by atoms with Crippen LogP contribution in [0.3, 0.4) is 0 Å². The van der Waals surface area contributed by atoms with Crippen LogP contribution in [0.4, 0.5) is 0 Å². The van der Waals surface area contributed by atoms with Crippen LogP contribution >= 0.6 is 23.4 Å². The summed E-state index contributed by atoms with van der Waals surface area (Å²) in [6.45, 7) is 9.52. The van der Waals surface area contributed by atoms with E-state index < -0.39 is 0 Å². The second kappa shape index (κ2) is 6.82. The SMILES string of the molecule is Cc1cc(CNC(C)(C)C)ccc1Sc1ncccc1Cl. The molecule has 0 atom stereocenters. The van der Waals surface area contributed by atoms with Crippen molar-refractivity contribution < 1.29 is 0 Å². The van der Waals surface area contributed by atoms with Crippen molar-refractivity contribution in [3.05, 3.63) is 52.7 Å². The summed E-state index contributed by atoms with van der Waals surface area (Å²) in [5, 5.41) is 5.05. The number of halogens is 1. The van der Waals surface area contributed by atoms with Crippen LogP contribution in [-0.4, -0.2) is 10.5 Å². The van der Waals surface area contributed by atoms with E-state index in [1.54, 1.807) is 18.0 Å². The van der Waals surface area contributed by atoms with E-state index in [1.165, 1.54) is 16.0 Å². The van der Waals surface area contributed by atoms with E-state index in [2.05, 4.69) is 56.2 Å². The molecule has 1 heterocycles. The van der Waals surface area contributed by atoms with Crippen molar-refractivity contribution in [2.45, 2.75) is 49.7 Å². The molecule has 0 amide bonds. The van der Waals surface area contributed by atoms with Crippen LogP contribution in [0.25, 0.3) is 0 Å². The Morgan fingerprint density at radius 2 is 2.00 bits per heavy atom. The zero-order valence-electron chi connectivity index (χ0n) is 12.9. The van der Waals surface area contributed by atoms with Crippen molar-refractivity contribution in [3.8, 4) is 0 Å². The number of hydrogen-bond acceptors (Lipinski definition) is 3. The van der Waals surface area contributed by atoms with Gasteiger partial charge in [-0.1, -0.05) is 35.5 Å². The lowest BCUT2D eigenvalue weighted by molar-refractivity contribution is 0.424. The van der Waals surface area contributed by atoms with Crippen molar-refractivity contribution in [3.63, 3.8) is 0 Å². The molecule has 1 aromatic heterocycles. The molecule has 112 valence electrons. The van der Waals surface area contributed by atoms with E-state index in [9.17, 15) is 0 Å². The number of pyridine rings is 1. The molecular weight excluding hydrogens is 300 g/mol. The maximum atomic E-state index is 6.16. The van der Waals surface area contributed by atoms with Gasteiger partial charge in [0.1, 0.15) is 5.03 Å². The summed E-state index contributed by atoms with van der Waals surface area (Å²) in [6.07, 6.45) is 1.77. The van der Waals surface area contributed by atoms with E-state index in [0.717, 1.165) is 11.6 Å². The summed E-state index contributed by atoms with van der Waals surface area (Å²) in [5.74, 6) is 0. The Morgan fingerprint density at radius 3 is 2.62 bits per heavy atom. The van der Waals surface area contributed by atoms with Crippen LogP contribution in [0.2, 0.25) is 5.02 Å². The van der Waals surface area contributed by atoms with Gasteiger partial charge in [-0.25, -0.2) is 4.98 Å². The van der Waals surface area contributed by atoms with E-state index in [-0.39, 0.29) is 5.54 Å². The van der Waals surface area contributed by atoms with E-state index in [4.69, 9.17) is 11.6 Å². The third-order valence-electron chi connectivity index (χ3n) is 2.99. The molecule has 0 fully saturated rings. The minimum absolute atomic E-state index is 0.128. The van der Waals surface area contributed by atoms with E-state index in [0.29, 0.717) is 5.02 Å². The van der Waals surface area contributed by atoms with Crippen LogP contribution in [0.15, 0.2) is 46.5 Å². The first-order valence-corrected chi connectivity index (χ1v) is 8.17. The Labute approximate surface area is 136 Å². The summed E-state index contributed by atoms with van der Waals surface area (Å²) < 4.78 is 0. The summed E-state index contributed by atoms with van der Waals surface area (Å²) in [5.41, 5.74) is 2.66. The largest absolute Gasteiger partial charge is 0.308 e. The van der Waals surface area contributed by atoms with Gasteiger partial charge in [0.2, 0.25) is 0 Å². The Bertz CT molecular complexity index is 620. The van der Waals surface area contributed by atoms with Crippen LogP contribution < -0.4 is 5.32 Å². The summed E-state index contributed by atoms with van der Waals surface area (Å²) >= 11 is 7.77. The quantitative estimate of drug-likeness (QED) is 0.850. The minimum atomic E-state index is 0.128. The van der Waals surface area contributed by atoms with Gasteiger partial charge in [-0.15, -0.1) is 0 Å². The molecule has 2 rings (SSSR count). The maximum Gasteiger partial charge on any atom is 0.119 e. The summed E-state index contributed by atoms with van der Waals surface area (Å²) in [6, 6.07) is 10.2. The third kappa shape index (κ3) is 5.03. The fourth-order valence-corrected chi connectivity index (χ4v) is 2.93. The fourth-order valence-electron chi connectivity index (χ4n) is 1.85. The van der Waals surface area contributed by atoms with Crippen molar-refractivity contribution in [2.75, 3.05) is 0 Å². The molecule has 2 aromatic rings. The molecule has 0 radical (unpaired) electrons. The number of benzene rings is 1. The molecule has 0 bridgehead atoms. The molecular formula is C17H21ClN2S. The number of rotatable bonds is 4. The van der Waals surface area contributed by atoms with Crippen LogP contribution in [0, 0.1) is 6.92 Å².